The molecule has 1 aromatic heterocycles. The SMILES string of the molecule is CCS(=O)(=O)N(Cc1ccc(-c2nnc(C(F)F)o2)cc1)c1ccccc1. The van der Waals surface area contributed by atoms with E-state index in [9.17, 15) is 17.2 Å². The van der Waals surface area contributed by atoms with Crippen molar-refractivity contribution in [1.29, 1.82) is 0 Å². The van der Waals surface area contributed by atoms with Crippen molar-refractivity contribution >= 4 is 15.7 Å². The summed E-state index contributed by atoms with van der Waals surface area (Å²) in [6, 6.07) is 15.5. The van der Waals surface area contributed by atoms with Gasteiger partial charge in [0.1, 0.15) is 0 Å². The number of nitrogens with zero attached hydrogens (tertiary/aromatic N) is 3. The normalized spacial score (nSPS) is 11.7. The van der Waals surface area contributed by atoms with Gasteiger partial charge in [-0.2, -0.15) is 8.78 Å². The van der Waals surface area contributed by atoms with Crippen molar-refractivity contribution in [2.45, 2.75) is 19.9 Å². The molecule has 0 saturated heterocycles. The van der Waals surface area contributed by atoms with E-state index in [0.29, 0.717) is 11.3 Å². The van der Waals surface area contributed by atoms with Crippen molar-refractivity contribution in [3.63, 3.8) is 0 Å². The molecule has 0 fully saturated rings. The van der Waals surface area contributed by atoms with Crippen molar-refractivity contribution < 1.29 is 21.6 Å². The van der Waals surface area contributed by atoms with E-state index in [1.54, 1.807) is 55.5 Å². The summed E-state index contributed by atoms with van der Waals surface area (Å²) >= 11 is 0. The predicted molar refractivity (Wildman–Crippen MR) is 96.8 cm³/mol. The first kappa shape index (κ1) is 19.0. The monoisotopic (exact) mass is 393 g/mol. The fourth-order valence-electron chi connectivity index (χ4n) is 2.46. The molecule has 0 unspecified atom stereocenters. The maximum absolute atomic E-state index is 12.6. The highest BCUT2D eigenvalue weighted by molar-refractivity contribution is 7.92. The molecule has 0 aliphatic carbocycles. The number of alkyl halides is 2. The van der Waals surface area contributed by atoms with E-state index in [0.717, 1.165) is 5.56 Å². The van der Waals surface area contributed by atoms with Gasteiger partial charge in [0, 0.05) is 5.56 Å². The fraction of sp³-hybridized carbons (Fsp3) is 0.222. The van der Waals surface area contributed by atoms with Crippen LogP contribution < -0.4 is 4.31 Å². The minimum absolute atomic E-state index is 0.0158. The van der Waals surface area contributed by atoms with Crippen molar-refractivity contribution in [3.8, 4) is 11.5 Å². The van der Waals surface area contributed by atoms with Crippen LogP contribution in [0, 0.1) is 0 Å². The Morgan fingerprint density at radius 3 is 2.26 bits per heavy atom. The van der Waals surface area contributed by atoms with Gasteiger partial charge in [-0.05, 0) is 36.8 Å². The third kappa shape index (κ3) is 4.30. The lowest BCUT2D eigenvalue weighted by Crippen LogP contribution is -2.31. The molecule has 6 nitrogen and oxygen atoms in total. The van der Waals surface area contributed by atoms with Crippen molar-refractivity contribution in [2.24, 2.45) is 0 Å². The van der Waals surface area contributed by atoms with Gasteiger partial charge in [-0.1, -0.05) is 30.3 Å². The van der Waals surface area contributed by atoms with Gasteiger partial charge in [0.25, 0.3) is 5.89 Å². The maximum Gasteiger partial charge on any atom is 0.314 e. The summed E-state index contributed by atoms with van der Waals surface area (Å²) < 4.78 is 56.3. The number of hydrogen-bond donors (Lipinski definition) is 0. The van der Waals surface area contributed by atoms with E-state index >= 15 is 0 Å². The molecular weight excluding hydrogens is 376 g/mol. The first-order chi connectivity index (χ1) is 12.9. The number of para-hydroxylation sites is 1. The van der Waals surface area contributed by atoms with Crippen LogP contribution in [0.5, 0.6) is 0 Å². The van der Waals surface area contributed by atoms with E-state index in [1.165, 1.54) is 4.31 Å². The lowest BCUT2D eigenvalue weighted by atomic mass is 10.1. The summed E-state index contributed by atoms with van der Waals surface area (Å²) in [5.74, 6) is -0.783. The average molecular weight is 393 g/mol. The van der Waals surface area contributed by atoms with Gasteiger partial charge in [0.05, 0.1) is 18.0 Å². The Balaban J connectivity index is 1.85. The molecule has 0 bridgehead atoms. The van der Waals surface area contributed by atoms with Gasteiger partial charge < -0.3 is 4.42 Å². The number of benzene rings is 2. The van der Waals surface area contributed by atoms with Gasteiger partial charge in [-0.15, -0.1) is 10.2 Å². The van der Waals surface area contributed by atoms with Gasteiger partial charge >= 0.3 is 6.43 Å². The first-order valence-electron chi connectivity index (χ1n) is 8.17. The molecule has 142 valence electrons. The smallest absolute Gasteiger partial charge is 0.314 e. The molecule has 0 spiro atoms. The molecule has 0 aliphatic heterocycles. The minimum atomic E-state index is -3.47. The Labute approximate surface area is 155 Å². The molecule has 0 amide bonds. The molecule has 0 N–H and O–H groups in total. The van der Waals surface area contributed by atoms with Crippen LogP contribution in [0.1, 0.15) is 24.8 Å². The van der Waals surface area contributed by atoms with Gasteiger partial charge in [0.2, 0.25) is 15.9 Å². The third-order valence-electron chi connectivity index (χ3n) is 3.90. The number of hydrogen-bond acceptors (Lipinski definition) is 5. The number of sulfonamides is 1. The van der Waals surface area contributed by atoms with Gasteiger partial charge in [-0.25, -0.2) is 8.42 Å². The molecule has 3 aromatic rings. The molecule has 9 heteroatoms. The zero-order valence-corrected chi connectivity index (χ0v) is 15.2. The van der Waals surface area contributed by atoms with Crippen LogP contribution in [0.3, 0.4) is 0 Å². The second-order valence-electron chi connectivity index (χ2n) is 5.69. The average Bonchev–Trinajstić information content (AvgIpc) is 3.18. The van der Waals surface area contributed by atoms with Crippen LogP contribution >= 0.6 is 0 Å². The summed E-state index contributed by atoms with van der Waals surface area (Å²) in [7, 11) is -3.47. The summed E-state index contributed by atoms with van der Waals surface area (Å²) in [4.78, 5) is 0. The Hall–Kier alpha value is -2.81. The highest BCUT2D eigenvalue weighted by Gasteiger charge is 2.21. The summed E-state index contributed by atoms with van der Waals surface area (Å²) in [5.41, 5.74) is 1.78. The maximum atomic E-state index is 12.6. The van der Waals surface area contributed by atoms with E-state index < -0.39 is 22.3 Å². The molecule has 27 heavy (non-hydrogen) atoms. The van der Waals surface area contributed by atoms with Crippen LogP contribution in [0.4, 0.5) is 14.5 Å². The second kappa shape index (κ2) is 7.83. The molecule has 0 atom stereocenters. The predicted octanol–water partition coefficient (Wildman–Crippen LogP) is 4.03. The van der Waals surface area contributed by atoms with Crippen LogP contribution in [0.25, 0.3) is 11.5 Å². The standard InChI is InChI=1S/C18H17F2N3O3S/c1-2-27(24,25)23(15-6-4-3-5-7-15)12-13-8-10-14(11-9-13)17-21-22-18(26-17)16(19)20/h3-11,16H,2,12H2,1H3. The van der Waals surface area contributed by atoms with E-state index in [1.807, 2.05) is 6.07 Å². The Morgan fingerprint density at radius 2 is 1.70 bits per heavy atom. The molecule has 1 heterocycles. The van der Waals surface area contributed by atoms with Gasteiger partial charge in [-0.3, -0.25) is 4.31 Å². The lowest BCUT2D eigenvalue weighted by molar-refractivity contribution is 0.116. The van der Waals surface area contributed by atoms with Crippen molar-refractivity contribution in [3.05, 3.63) is 66.1 Å². The zero-order chi connectivity index (χ0) is 19.4. The van der Waals surface area contributed by atoms with Crippen LogP contribution in [0.2, 0.25) is 0 Å². The highest BCUT2D eigenvalue weighted by atomic mass is 32.2. The third-order valence-corrected chi connectivity index (χ3v) is 5.64. The molecule has 3 rings (SSSR count). The molecular formula is C18H17F2N3O3S. The topological polar surface area (TPSA) is 76.3 Å². The van der Waals surface area contributed by atoms with Crippen LogP contribution in [-0.2, 0) is 16.6 Å². The minimum Gasteiger partial charge on any atom is -0.415 e. The molecule has 0 aliphatic rings. The zero-order valence-electron chi connectivity index (χ0n) is 14.4. The van der Waals surface area contributed by atoms with E-state index in [4.69, 9.17) is 4.42 Å². The Bertz CT molecular complexity index is 990. The summed E-state index contributed by atoms with van der Waals surface area (Å²) in [5, 5.41) is 6.89. The van der Waals surface area contributed by atoms with E-state index in [2.05, 4.69) is 10.2 Å². The van der Waals surface area contributed by atoms with Crippen LogP contribution in [-0.4, -0.2) is 24.4 Å². The fourth-order valence-corrected chi connectivity index (χ4v) is 3.56. The summed E-state index contributed by atoms with van der Waals surface area (Å²) in [6.07, 6.45) is -2.83. The number of anilines is 1. The van der Waals surface area contributed by atoms with Crippen molar-refractivity contribution in [1.82, 2.24) is 10.2 Å². The van der Waals surface area contributed by atoms with Gasteiger partial charge in [0.15, 0.2) is 0 Å². The second-order valence-corrected chi connectivity index (χ2v) is 7.87. The van der Waals surface area contributed by atoms with E-state index in [-0.39, 0.29) is 18.2 Å². The van der Waals surface area contributed by atoms with Crippen molar-refractivity contribution in [2.75, 3.05) is 10.1 Å². The van der Waals surface area contributed by atoms with Crippen LogP contribution in [0.15, 0.2) is 59.0 Å². The molecule has 0 radical (unpaired) electrons. The number of rotatable bonds is 7. The summed E-state index contributed by atoms with van der Waals surface area (Å²) in [6.45, 7) is 1.73. The quantitative estimate of drug-likeness (QED) is 0.606. The molecule has 2 aromatic carbocycles. The Kier molecular flexibility index (Phi) is 5.50. The Morgan fingerprint density at radius 1 is 1.04 bits per heavy atom. The first-order valence-corrected chi connectivity index (χ1v) is 9.78. The highest BCUT2D eigenvalue weighted by Crippen LogP contribution is 2.25. The number of halogens is 2. The molecule has 0 saturated carbocycles. The lowest BCUT2D eigenvalue weighted by Gasteiger charge is -2.24. The largest absolute Gasteiger partial charge is 0.415 e. The number of aromatic nitrogens is 2.